The first-order chi connectivity index (χ1) is 8.42. The molecule has 1 aliphatic carbocycles. The summed E-state index contributed by atoms with van der Waals surface area (Å²) in [5, 5.41) is 3.53. The van der Waals surface area contributed by atoms with Gasteiger partial charge < -0.3 is 10.1 Å². The zero-order chi connectivity index (χ0) is 11.9. The van der Waals surface area contributed by atoms with Crippen LogP contribution in [-0.4, -0.2) is 26.3 Å². The van der Waals surface area contributed by atoms with Gasteiger partial charge in [-0.15, -0.1) is 0 Å². The van der Waals surface area contributed by atoms with E-state index in [4.69, 9.17) is 4.74 Å². The van der Waals surface area contributed by atoms with Crippen LogP contribution >= 0.6 is 0 Å². The Bertz CT molecular complexity index is 337. The first-order valence-electron chi connectivity index (χ1n) is 6.78. The van der Waals surface area contributed by atoms with Crippen molar-refractivity contribution >= 4 is 0 Å². The molecule has 17 heavy (non-hydrogen) atoms. The third-order valence-electron chi connectivity index (χ3n) is 3.34. The van der Waals surface area contributed by atoms with E-state index < -0.39 is 0 Å². The highest BCUT2D eigenvalue weighted by atomic mass is 16.5. The van der Waals surface area contributed by atoms with E-state index >= 15 is 0 Å². The molecule has 1 aliphatic rings. The zero-order valence-electron chi connectivity index (χ0n) is 10.7. The molecule has 0 saturated carbocycles. The van der Waals surface area contributed by atoms with E-state index in [0.29, 0.717) is 0 Å². The van der Waals surface area contributed by atoms with Crippen molar-refractivity contribution in [3.05, 3.63) is 35.4 Å². The highest BCUT2D eigenvalue weighted by Gasteiger charge is 2.24. The van der Waals surface area contributed by atoms with Crippen molar-refractivity contribution in [3.63, 3.8) is 0 Å². The van der Waals surface area contributed by atoms with E-state index in [-0.39, 0.29) is 0 Å². The Morgan fingerprint density at radius 1 is 1.29 bits per heavy atom. The summed E-state index contributed by atoms with van der Waals surface area (Å²) in [5.41, 5.74) is 3.08. The molecule has 0 bridgehead atoms. The van der Waals surface area contributed by atoms with Crippen molar-refractivity contribution in [1.82, 2.24) is 5.32 Å². The molecule has 0 aliphatic heterocycles. The maximum absolute atomic E-state index is 5.45. The summed E-state index contributed by atoms with van der Waals surface area (Å²) >= 11 is 0. The Hall–Kier alpha value is -0.860. The molecule has 0 aromatic heterocycles. The van der Waals surface area contributed by atoms with Gasteiger partial charge in [-0.2, -0.15) is 0 Å². The summed E-state index contributed by atoms with van der Waals surface area (Å²) in [6.07, 6.45) is 3.48. The first-order valence-corrected chi connectivity index (χ1v) is 6.78. The van der Waals surface area contributed by atoms with E-state index in [0.717, 1.165) is 45.1 Å². The van der Waals surface area contributed by atoms with Crippen LogP contribution in [0.1, 0.15) is 36.8 Å². The fraction of sp³-hybridized carbons (Fsp3) is 0.600. The Kier molecular flexibility index (Phi) is 5.02. The van der Waals surface area contributed by atoms with Crippen molar-refractivity contribution in [1.29, 1.82) is 0 Å². The Morgan fingerprint density at radius 3 is 3.00 bits per heavy atom. The molecule has 0 spiro atoms. The van der Waals surface area contributed by atoms with Crippen LogP contribution in [0.2, 0.25) is 0 Å². The number of hydrogen-bond donors (Lipinski definition) is 1. The summed E-state index contributed by atoms with van der Waals surface area (Å²) in [4.78, 5) is 0. The van der Waals surface area contributed by atoms with E-state index in [1.165, 1.54) is 12.0 Å². The Morgan fingerprint density at radius 2 is 2.18 bits per heavy atom. The van der Waals surface area contributed by atoms with Crippen LogP contribution in [-0.2, 0) is 11.2 Å². The number of benzene rings is 1. The first kappa shape index (κ1) is 12.6. The van der Waals surface area contributed by atoms with E-state index in [9.17, 15) is 0 Å². The molecular formula is C15H23NO. The number of rotatable bonds is 8. The second-order valence-electron chi connectivity index (χ2n) is 4.77. The second kappa shape index (κ2) is 6.77. The van der Waals surface area contributed by atoms with E-state index in [1.54, 1.807) is 5.56 Å². The number of hydrogen-bond acceptors (Lipinski definition) is 2. The van der Waals surface area contributed by atoms with Gasteiger partial charge in [-0.05, 0) is 36.9 Å². The monoisotopic (exact) mass is 233 g/mol. The minimum absolute atomic E-state index is 0.739. The van der Waals surface area contributed by atoms with Crippen LogP contribution in [0.4, 0.5) is 0 Å². The summed E-state index contributed by atoms with van der Waals surface area (Å²) in [5.74, 6) is 0.739. The molecule has 2 heteroatoms. The predicted octanol–water partition coefficient (Wildman–Crippen LogP) is 2.73. The van der Waals surface area contributed by atoms with Crippen LogP contribution < -0.4 is 5.32 Å². The van der Waals surface area contributed by atoms with Crippen molar-refractivity contribution < 1.29 is 4.74 Å². The molecule has 1 N–H and O–H groups in total. The van der Waals surface area contributed by atoms with Crippen LogP contribution in [0.3, 0.4) is 0 Å². The fourth-order valence-corrected chi connectivity index (χ4v) is 2.37. The predicted molar refractivity (Wildman–Crippen MR) is 71.5 cm³/mol. The molecule has 1 aromatic carbocycles. The third-order valence-corrected chi connectivity index (χ3v) is 3.34. The van der Waals surface area contributed by atoms with Gasteiger partial charge in [-0.3, -0.25) is 0 Å². The highest BCUT2D eigenvalue weighted by Crippen LogP contribution is 2.33. The molecule has 2 nitrogen and oxygen atoms in total. The Balaban J connectivity index is 1.53. The van der Waals surface area contributed by atoms with Crippen molar-refractivity contribution in [2.24, 2.45) is 0 Å². The molecule has 0 heterocycles. The molecule has 1 unspecified atom stereocenters. The molecule has 1 aromatic rings. The average Bonchev–Trinajstić information content (AvgIpc) is 2.33. The van der Waals surface area contributed by atoms with Crippen molar-refractivity contribution in [2.75, 3.05) is 26.3 Å². The SMILES string of the molecule is CCCOCCCNCC1Cc2ccccc21. The lowest BCUT2D eigenvalue weighted by Gasteiger charge is -2.30. The van der Waals surface area contributed by atoms with Crippen LogP contribution in [0, 0.1) is 0 Å². The maximum Gasteiger partial charge on any atom is 0.0478 e. The number of nitrogens with one attached hydrogen (secondary N) is 1. The molecule has 2 rings (SSSR count). The normalized spacial score (nSPS) is 17.6. The van der Waals surface area contributed by atoms with Gasteiger partial charge >= 0.3 is 0 Å². The lowest BCUT2D eigenvalue weighted by atomic mass is 9.77. The average molecular weight is 233 g/mol. The fourth-order valence-electron chi connectivity index (χ4n) is 2.37. The number of ether oxygens (including phenoxy) is 1. The topological polar surface area (TPSA) is 21.3 Å². The molecule has 0 saturated heterocycles. The van der Waals surface area contributed by atoms with Crippen molar-refractivity contribution in [3.8, 4) is 0 Å². The van der Waals surface area contributed by atoms with Gasteiger partial charge in [0.15, 0.2) is 0 Å². The Labute approximate surface area is 104 Å². The minimum Gasteiger partial charge on any atom is -0.381 e. The maximum atomic E-state index is 5.45. The van der Waals surface area contributed by atoms with Gasteiger partial charge in [0.25, 0.3) is 0 Å². The van der Waals surface area contributed by atoms with Gasteiger partial charge in [-0.1, -0.05) is 31.2 Å². The summed E-state index contributed by atoms with van der Waals surface area (Å²) < 4.78 is 5.45. The standard InChI is InChI=1S/C15H23NO/c1-2-9-17-10-5-8-16-12-14-11-13-6-3-4-7-15(13)14/h3-4,6-7,14,16H,2,5,8-12H2,1H3. The van der Waals surface area contributed by atoms with E-state index in [2.05, 4.69) is 36.5 Å². The van der Waals surface area contributed by atoms with Crippen LogP contribution in [0.15, 0.2) is 24.3 Å². The van der Waals surface area contributed by atoms with Gasteiger partial charge in [0.05, 0.1) is 0 Å². The van der Waals surface area contributed by atoms with Gasteiger partial charge in [0.2, 0.25) is 0 Å². The second-order valence-corrected chi connectivity index (χ2v) is 4.77. The number of fused-ring (bicyclic) bond motifs is 1. The smallest absolute Gasteiger partial charge is 0.0478 e. The minimum atomic E-state index is 0.739. The third kappa shape index (κ3) is 3.55. The lowest BCUT2D eigenvalue weighted by molar-refractivity contribution is 0.132. The summed E-state index contributed by atoms with van der Waals surface area (Å²) in [7, 11) is 0. The largest absolute Gasteiger partial charge is 0.381 e. The quantitative estimate of drug-likeness (QED) is 0.697. The highest BCUT2D eigenvalue weighted by molar-refractivity contribution is 5.40. The van der Waals surface area contributed by atoms with Gasteiger partial charge in [-0.25, -0.2) is 0 Å². The summed E-state index contributed by atoms with van der Waals surface area (Å²) in [6.45, 7) is 6.12. The van der Waals surface area contributed by atoms with Crippen LogP contribution in [0.5, 0.6) is 0 Å². The van der Waals surface area contributed by atoms with Crippen molar-refractivity contribution in [2.45, 2.75) is 32.1 Å². The van der Waals surface area contributed by atoms with Gasteiger partial charge in [0, 0.05) is 25.7 Å². The molecule has 0 fully saturated rings. The van der Waals surface area contributed by atoms with E-state index in [1.807, 2.05) is 0 Å². The molecule has 1 atom stereocenters. The molecule has 0 amide bonds. The summed E-state index contributed by atoms with van der Waals surface area (Å²) in [6, 6.07) is 8.77. The van der Waals surface area contributed by atoms with Crippen LogP contribution in [0.25, 0.3) is 0 Å². The zero-order valence-corrected chi connectivity index (χ0v) is 10.7. The molecule has 0 radical (unpaired) electrons. The molecular weight excluding hydrogens is 210 g/mol. The van der Waals surface area contributed by atoms with Gasteiger partial charge in [0.1, 0.15) is 0 Å². The molecule has 94 valence electrons. The lowest BCUT2D eigenvalue weighted by Crippen LogP contribution is -2.30.